The zero-order valence-electron chi connectivity index (χ0n) is 38.0. The summed E-state index contributed by atoms with van der Waals surface area (Å²) in [5, 5.41) is 6.64. The smallest absolute Gasteiger partial charge is 0.338 e. The van der Waals surface area contributed by atoms with Gasteiger partial charge in [0.25, 0.3) is 0 Å². The Bertz CT molecular complexity index is 1220. The molecule has 360 valence electrons. The first-order chi connectivity index (χ1) is 31.1. The number of esters is 2. The average molecular weight is 897 g/mol. The molecular formula is C46H76N2O15. The molecule has 0 aliphatic carbocycles. The number of carbonyl (C=O) groups is 2. The third kappa shape index (κ3) is 33.7. The van der Waals surface area contributed by atoms with Crippen molar-refractivity contribution in [3.8, 4) is 0 Å². The summed E-state index contributed by atoms with van der Waals surface area (Å²) < 4.78 is 70.9. The molecule has 0 saturated heterocycles. The molecule has 0 unspecified atom stereocenters. The number of benzene rings is 2. The van der Waals surface area contributed by atoms with Crippen molar-refractivity contribution in [2.24, 2.45) is 0 Å². The van der Waals surface area contributed by atoms with Crippen molar-refractivity contribution in [2.45, 2.75) is 39.5 Å². The second-order valence-corrected chi connectivity index (χ2v) is 13.7. The summed E-state index contributed by atoms with van der Waals surface area (Å²) in [4.78, 5) is 24.3. The highest BCUT2D eigenvalue weighted by molar-refractivity contribution is 5.90. The molecule has 17 heteroatoms. The zero-order valence-corrected chi connectivity index (χ0v) is 38.0. The molecule has 0 radical (unpaired) electrons. The number of rotatable bonds is 46. The van der Waals surface area contributed by atoms with E-state index in [1.165, 1.54) is 0 Å². The van der Waals surface area contributed by atoms with Crippen molar-refractivity contribution in [1.82, 2.24) is 0 Å². The van der Waals surface area contributed by atoms with Gasteiger partial charge in [0.15, 0.2) is 0 Å². The lowest BCUT2D eigenvalue weighted by Crippen LogP contribution is -2.16. The van der Waals surface area contributed by atoms with Gasteiger partial charge in [0.05, 0.1) is 156 Å². The molecule has 0 aliphatic rings. The van der Waals surface area contributed by atoms with Gasteiger partial charge in [-0.05, 0) is 61.4 Å². The molecule has 0 spiro atoms. The Morgan fingerprint density at radius 1 is 0.333 bits per heavy atom. The van der Waals surface area contributed by atoms with Gasteiger partial charge >= 0.3 is 11.9 Å². The molecule has 2 aromatic rings. The van der Waals surface area contributed by atoms with E-state index in [1.54, 1.807) is 24.3 Å². The van der Waals surface area contributed by atoms with Gasteiger partial charge in [0.1, 0.15) is 13.2 Å². The number of carbonyl (C=O) groups excluding carboxylic acids is 2. The van der Waals surface area contributed by atoms with Crippen LogP contribution in [0, 0.1) is 0 Å². The maximum Gasteiger partial charge on any atom is 0.338 e. The highest BCUT2D eigenvalue weighted by Crippen LogP contribution is 2.12. The minimum atomic E-state index is -0.366. The molecular weight excluding hydrogens is 821 g/mol. The van der Waals surface area contributed by atoms with Crippen molar-refractivity contribution < 1.29 is 71.2 Å². The quantitative estimate of drug-likeness (QED) is 0.0645. The van der Waals surface area contributed by atoms with E-state index in [4.69, 9.17) is 61.6 Å². The molecule has 0 heterocycles. The Hall–Kier alpha value is -3.46. The van der Waals surface area contributed by atoms with Crippen LogP contribution in [0.2, 0.25) is 0 Å². The molecule has 2 N–H and O–H groups in total. The van der Waals surface area contributed by atoms with Crippen molar-refractivity contribution >= 4 is 23.3 Å². The molecule has 0 saturated carbocycles. The summed E-state index contributed by atoms with van der Waals surface area (Å²) in [7, 11) is 0. The number of unbranched alkanes of at least 4 members (excludes halogenated alkanes) is 2. The molecule has 0 aliphatic heterocycles. The van der Waals surface area contributed by atoms with Gasteiger partial charge in [-0.25, -0.2) is 9.59 Å². The van der Waals surface area contributed by atoms with Gasteiger partial charge < -0.3 is 72.2 Å². The van der Waals surface area contributed by atoms with Crippen molar-refractivity contribution in [2.75, 3.05) is 182 Å². The van der Waals surface area contributed by atoms with Gasteiger partial charge in [-0.1, -0.05) is 26.7 Å². The molecule has 0 aromatic heterocycles. The third-order valence-corrected chi connectivity index (χ3v) is 8.60. The molecule has 63 heavy (non-hydrogen) atoms. The Kier molecular flexibility index (Phi) is 37.5. The van der Waals surface area contributed by atoms with E-state index in [2.05, 4.69) is 24.5 Å². The molecule has 0 atom stereocenters. The Morgan fingerprint density at radius 2 is 0.540 bits per heavy atom. The molecule has 2 aromatic carbocycles. The Labute approximate surface area is 375 Å². The number of anilines is 2. The van der Waals surface area contributed by atoms with Gasteiger partial charge in [0.2, 0.25) is 0 Å². The van der Waals surface area contributed by atoms with Crippen LogP contribution < -0.4 is 10.6 Å². The van der Waals surface area contributed by atoms with Crippen molar-refractivity contribution in [1.29, 1.82) is 0 Å². The van der Waals surface area contributed by atoms with Gasteiger partial charge in [-0.15, -0.1) is 0 Å². The first-order valence-electron chi connectivity index (χ1n) is 22.5. The fourth-order valence-electron chi connectivity index (χ4n) is 5.12. The van der Waals surface area contributed by atoms with Crippen LogP contribution >= 0.6 is 0 Å². The summed E-state index contributed by atoms with van der Waals surface area (Å²) in [6, 6.07) is 14.6. The minimum Gasteiger partial charge on any atom is -0.460 e. The zero-order chi connectivity index (χ0) is 44.9. The number of nitrogens with one attached hydrogen (secondary N) is 2. The molecule has 0 fully saturated rings. The van der Waals surface area contributed by atoms with E-state index >= 15 is 0 Å². The third-order valence-electron chi connectivity index (χ3n) is 8.60. The normalized spacial score (nSPS) is 11.2. The summed E-state index contributed by atoms with van der Waals surface area (Å²) in [6.45, 7) is 16.3. The molecule has 17 nitrogen and oxygen atoms in total. The fraction of sp³-hybridized carbons (Fsp3) is 0.696. The Balaban J connectivity index is 1.18. The van der Waals surface area contributed by atoms with Crippen LogP contribution in [0.1, 0.15) is 60.2 Å². The van der Waals surface area contributed by atoms with Gasteiger partial charge in [-0.2, -0.15) is 0 Å². The topological polar surface area (TPSA) is 178 Å². The monoisotopic (exact) mass is 897 g/mol. The Morgan fingerprint density at radius 3 is 0.746 bits per heavy atom. The van der Waals surface area contributed by atoms with Crippen molar-refractivity contribution in [3.63, 3.8) is 0 Å². The van der Waals surface area contributed by atoms with Crippen LogP contribution in [0.4, 0.5) is 11.4 Å². The largest absolute Gasteiger partial charge is 0.460 e. The second kappa shape index (κ2) is 42.5. The predicted molar refractivity (Wildman–Crippen MR) is 239 cm³/mol. The van der Waals surface area contributed by atoms with Crippen LogP contribution in [0.5, 0.6) is 0 Å². The van der Waals surface area contributed by atoms with E-state index in [9.17, 15) is 9.59 Å². The lowest BCUT2D eigenvalue weighted by atomic mass is 10.2. The van der Waals surface area contributed by atoms with Crippen LogP contribution in [0.15, 0.2) is 48.5 Å². The molecule has 0 bridgehead atoms. The van der Waals surface area contributed by atoms with E-state index in [-0.39, 0.29) is 25.2 Å². The number of ether oxygens (including phenoxy) is 13. The highest BCUT2D eigenvalue weighted by atomic mass is 16.6. The van der Waals surface area contributed by atoms with Crippen LogP contribution in [-0.4, -0.2) is 184 Å². The van der Waals surface area contributed by atoms with E-state index in [1.807, 2.05) is 24.3 Å². The molecule has 0 amide bonds. The van der Waals surface area contributed by atoms with E-state index in [0.717, 1.165) is 50.1 Å². The maximum absolute atomic E-state index is 12.2. The summed E-state index contributed by atoms with van der Waals surface area (Å²) in [5.41, 5.74) is 3.01. The van der Waals surface area contributed by atoms with E-state index < -0.39 is 0 Å². The first kappa shape index (κ1) is 55.7. The SMILES string of the molecule is CCCCNc1ccc(C(=O)OCCOCCOCCOCCOCCOCCOCCOCCOCCOCCOCCOCCOC(=O)c2ccc(NCCCC)cc2)cc1. The number of hydrogen-bond acceptors (Lipinski definition) is 17. The standard InChI is InChI=1S/C46H76N2O15/c1-3-5-15-47-43-11-7-41(8-12-43)45(49)62-39-37-60-35-33-58-31-29-56-27-25-54-23-21-52-19-17-51-18-20-53-22-24-55-26-28-57-30-32-59-34-36-61-38-40-63-46(50)42-9-13-44(14-10-42)48-16-6-4-2/h7-14,47-48H,3-6,15-40H2,1-2H3. The lowest BCUT2D eigenvalue weighted by Gasteiger charge is -2.09. The van der Waals surface area contributed by atoms with E-state index in [0.29, 0.717) is 156 Å². The maximum atomic E-state index is 12.2. The average Bonchev–Trinajstić information content (AvgIpc) is 3.30. The van der Waals surface area contributed by atoms with Crippen LogP contribution in [-0.2, 0) is 61.6 Å². The van der Waals surface area contributed by atoms with Gasteiger partial charge in [-0.3, -0.25) is 0 Å². The minimum absolute atomic E-state index is 0.183. The molecule has 2 rings (SSSR count). The predicted octanol–water partition coefficient (Wildman–Crippen LogP) is 5.31. The highest BCUT2D eigenvalue weighted by Gasteiger charge is 2.08. The van der Waals surface area contributed by atoms with Crippen LogP contribution in [0.3, 0.4) is 0 Å². The van der Waals surface area contributed by atoms with Crippen molar-refractivity contribution in [3.05, 3.63) is 59.7 Å². The summed E-state index contributed by atoms with van der Waals surface area (Å²) in [5.74, 6) is -0.732. The lowest BCUT2D eigenvalue weighted by molar-refractivity contribution is -0.0285. The number of hydrogen-bond donors (Lipinski definition) is 2. The fourth-order valence-corrected chi connectivity index (χ4v) is 5.12. The summed E-state index contributed by atoms with van der Waals surface area (Å²) in [6.07, 6.45) is 4.47. The second-order valence-electron chi connectivity index (χ2n) is 13.7. The van der Waals surface area contributed by atoms with Crippen LogP contribution in [0.25, 0.3) is 0 Å². The summed E-state index contributed by atoms with van der Waals surface area (Å²) >= 11 is 0. The first-order valence-corrected chi connectivity index (χ1v) is 22.5. The van der Waals surface area contributed by atoms with Gasteiger partial charge in [0, 0.05) is 24.5 Å².